The Kier molecular flexibility index (Phi) is 4.11. The van der Waals surface area contributed by atoms with Gasteiger partial charge >= 0.3 is 0 Å². The summed E-state index contributed by atoms with van der Waals surface area (Å²) >= 11 is 0. The van der Waals surface area contributed by atoms with Crippen molar-refractivity contribution in [2.75, 3.05) is 25.6 Å². The first kappa shape index (κ1) is 14.6. The third-order valence-corrected chi connectivity index (χ3v) is 3.69. The van der Waals surface area contributed by atoms with Crippen molar-refractivity contribution >= 4 is 11.5 Å². The normalized spacial score (nSPS) is 11.0. The number of fused-ring (bicyclic) bond motifs is 1. The van der Waals surface area contributed by atoms with Gasteiger partial charge < -0.3 is 10.1 Å². The fourth-order valence-electron chi connectivity index (χ4n) is 2.50. The van der Waals surface area contributed by atoms with Gasteiger partial charge in [0.2, 0.25) is 0 Å². The van der Waals surface area contributed by atoms with Crippen molar-refractivity contribution in [3.8, 4) is 11.3 Å². The summed E-state index contributed by atoms with van der Waals surface area (Å²) in [4.78, 5) is 4.79. The second kappa shape index (κ2) is 6.20. The zero-order chi connectivity index (χ0) is 15.5. The van der Waals surface area contributed by atoms with Crippen LogP contribution in [-0.2, 0) is 4.74 Å². The van der Waals surface area contributed by atoms with Crippen molar-refractivity contribution in [1.82, 2.24) is 9.38 Å². The Morgan fingerprint density at radius 1 is 1.05 bits per heavy atom. The third-order valence-electron chi connectivity index (χ3n) is 3.69. The molecule has 0 aliphatic carbocycles. The predicted octanol–water partition coefficient (Wildman–Crippen LogP) is 3.68. The van der Waals surface area contributed by atoms with E-state index in [0.29, 0.717) is 6.61 Å². The fourth-order valence-corrected chi connectivity index (χ4v) is 2.50. The summed E-state index contributed by atoms with van der Waals surface area (Å²) in [6.45, 7) is 5.59. The molecule has 1 N–H and O–H groups in total. The van der Waals surface area contributed by atoms with Gasteiger partial charge in [-0.3, -0.25) is 4.40 Å². The van der Waals surface area contributed by atoms with Gasteiger partial charge in [-0.25, -0.2) is 4.98 Å². The molecule has 0 aliphatic rings. The number of aromatic nitrogens is 2. The maximum Gasteiger partial charge on any atom is 0.139 e. The van der Waals surface area contributed by atoms with Gasteiger partial charge in [0.05, 0.1) is 6.61 Å². The number of aryl methyl sites for hydroxylation is 2. The summed E-state index contributed by atoms with van der Waals surface area (Å²) in [7, 11) is 1.71. The van der Waals surface area contributed by atoms with Gasteiger partial charge in [0.1, 0.15) is 17.2 Å². The lowest BCUT2D eigenvalue weighted by Gasteiger charge is -2.09. The Morgan fingerprint density at radius 2 is 1.77 bits per heavy atom. The molecule has 0 spiro atoms. The van der Waals surface area contributed by atoms with Crippen LogP contribution in [0.1, 0.15) is 11.1 Å². The molecule has 0 saturated carbocycles. The molecule has 3 rings (SSSR count). The van der Waals surface area contributed by atoms with Crippen LogP contribution in [-0.4, -0.2) is 29.6 Å². The highest BCUT2D eigenvalue weighted by molar-refractivity contribution is 5.76. The van der Waals surface area contributed by atoms with Gasteiger partial charge in [0.15, 0.2) is 0 Å². The van der Waals surface area contributed by atoms with E-state index in [4.69, 9.17) is 9.72 Å². The number of pyridine rings is 1. The van der Waals surface area contributed by atoms with E-state index in [1.165, 1.54) is 11.1 Å². The highest BCUT2D eigenvalue weighted by atomic mass is 16.5. The number of methoxy groups -OCH3 is 1. The van der Waals surface area contributed by atoms with Crippen LogP contribution in [0, 0.1) is 13.8 Å². The zero-order valence-electron chi connectivity index (χ0n) is 13.3. The first-order valence-corrected chi connectivity index (χ1v) is 7.47. The van der Waals surface area contributed by atoms with Crippen molar-refractivity contribution in [2.24, 2.45) is 0 Å². The molecule has 4 nitrogen and oxygen atoms in total. The van der Waals surface area contributed by atoms with Gasteiger partial charge in [-0.05, 0) is 25.5 Å². The molecule has 0 unspecified atom stereocenters. The van der Waals surface area contributed by atoms with Gasteiger partial charge in [-0.2, -0.15) is 0 Å². The molecule has 2 heterocycles. The molecule has 0 aliphatic heterocycles. The van der Waals surface area contributed by atoms with Gasteiger partial charge in [0, 0.05) is 25.4 Å². The zero-order valence-corrected chi connectivity index (χ0v) is 13.3. The van der Waals surface area contributed by atoms with Crippen LogP contribution in [0.4, 0.5) is 5.82 Å². The monoisotopic (exact) mass is 295 g/mol. The first-order valence-electron chi connectivity index (χ1n) is 7.47. The summed E-state index contributed by atoms with van der Waals surface area (Å²) < 4.78 is 7.26. The lowest BCUT2D eigenvalue weighted by atomic mass is 10.1. The van der Waals surface area contributed by atoms with E-state index in [0.717, 1.165) is 29.3 Å². The number of hydrogen-bond donors (Lipinski definition) is 1. The summed E-state index contributed by atoms with van der Waals surface area (Å²) in [6.07, 6.45) is 2.11. The van der Waals surface area contributed by atoms with Crippen LogP contribution in [0.5, 0.6) is 0 Å². The van der Waals surface area contributed by atoms with E-state index in [1.807, 2.05) is 0 Å². The molecule has 3 aromatic rings. The standard InChI is InChI=1S/C18H21N3O/c1-13-4-7-15(8-5-13)17-18(19-10-11-22-3)21-12-14(2)6-9-16(21)20-17/h4-9,12,19H,10-11H2,1-3H3. The van der Waals surface area contributed by atoms with E-state index in [9.17, 15) is 0 Å². The molecule has 1 aromatic carbocycles. The Labute approximate surface area is 130 Å². The van der Waals surface area contributed by atoms with Crippen molar-refractivity contribution in [1.29, 1.82) is 0 Å². The summed E-state index contributed by atoms with van der Waals surface area (Å²) in [5.74, 6) is 1.01. The smallest absolute Gasteiger partial charge is 0.139 e. The Bertz CT molecular complexity index is 775. The molecule has 0 amide bonds. The second-order valence-corrected chi connectivity index (χ2v) is 5.53. The molecule has 22 heavy (non-hydrogen) atoms. The Balaban J connectivity index is 2.10. The number of ether oxygens (including phenoxy) is 1. The molecule has 0 radical (unpaired) electrons. The quantitative estimate of drug-likeness (QED) is 0.730. The second-order valence-electron chi connectivity index (χ2n) is 5.53. The van der Waals surface area contributed by atoms with Gasteiger partial charge in [0.25, 0.3) is 0 Å². The number of hydrogen-bond acceptors (Lipinski definition) is 3. The number of benzene rings is 1. The topological polar surface area (TPSA) is 38.6 Å². The number of nitrogens with zero attached hydrogens (tertiary/aromatic N) is 2. The minimum absolute atomic E-state index is 0.659. The maximum atomic E-state index is 5.15. The van der Waals surface area contributed by atoms with Crippen LogP contribution in [0.3, 0.4) is 0 Å². The van der Waals surface area contributed by atoms with Crippen molar-refractivity contribution < 1.29 is 4.74 Å². The average molecular weight is 295 g/mol. The van der Waals surface area contributed by atoms with Crippen molar-refractivity contribution in [3.63, 3.8) is 0 Å². The van der Waals surface area contributed by atoms with E-state index in [-0.39, 0.29) is 0 Å². The molecule has 0 saturated heterocycles. The Hall–Kier alpha value is -2.33. The number of rotatable bonds is 5. The maximum absolute atomic E-state index is 5.15. The lowest BCUT2D eigenvalue weighted by Crippen LogP contribution is -2.10. The fraction of sp³-hybridized carbons (Fsp3) is 0.278. The molecule has 0 atom stereocenters. The largest absolute Gasteiger partial charge is 0.383 e. The highest BCUT2D eigenvalue weighted by Crippen LogP contribution is 2.29. The van der Waals surface area contributed by atoms with Gasteiger partial charge in [-0.15, -0.1) is 0 Å². The SMILES string of the molecule is COCCNc1c(-c2ccc(C)cc2)nc2ccc(C)cn12. The van der Waals surface area contributed by atoms with Crippen molar-refractivity contribution in [2.45, 2.75) is 13.8 Å². The molecule has 114 valence electrons. The molecule has 0 fully saturated rings. The predicted molar refractivity (Wildman–Crippen MR) is 90.5 cm³/mol. The number of nitrogens with one attached hydrogen (secondary N) is 1. The van der Waals surface area contributed by atoms with Crippen LogP contribution < -0.4 is 5.32 Å². The van der Waals surface area contributed by atoms with Crippen LogP contribution in [0.2, 0.25) is 0 Å². The first-order chi connectivity index (χ1) is 10.7. The summed E-state index contributed by atoms with van der Waals surface area (Å²) in [5, 5.41) is 3.45. The summed E-state index contributed by atoms with van der Waals surface area (Å²) in [6, 6.07) is 12.6. The van der Waals surface area contributed by atoms with E-state index >= 15 is 0 Å². The van der Waals surface area contributed by atoms with E-state index in [1.54, 1.807) is 7.11 Å². The Morgan fingerprint density at radius 3 is 2.50 bits per heavy atom. The highest BCUT2D eigenvalue weighted by Gasteiger charge is 2.13. The molecule has 4 heteroatoms. The van der Waals surface area contributed by atoms with Crippen molar-refractivity contribution in [3.05, 3.63) is 53.7 Å². The third kappa shape index (κ3) is 2.83. The van der Waals surface area contributed by atoms with Crippen LogP contribution in [0.15, 0.2) is 42.6 Å². The number of imidazole rings is 1. The summed E-state index contributed by atoms with van der Waals surface area (Å²) in [5.41, 5.74) is 5.49. The molecular weight excluding hydrogens is 274 g/mol. The molecule has 2 aromatic heterocycles. The van der Waals surface area contributed by atoms with E-state index < -0.39 is 0 Å². The number of anilines is 1. The lowest BCUT2D eigenvalue weighted by molar-refractivity contribution is 0.210. The van der Waals surface area contributed by atoms with Gasteiger partial charge in [-0.1, -0.05) is 35.9 Å². The average Bonchev–Trinajstić information content (AvgIpc) is 2.86. The minimum atomic E-state index is 0.659. The van der Waals surface area contributed by atoms with Crippen LogP contribution in [0.25, 0.3) is 16.9 Å². The minimum Gasteiger partial charge on any atom is -0.383 e. The molecular formula is C18H21N3O. The van der Waals surface area contributed by atoms with E-state index in [2.05, 4.69) is 66.2 Å². The van der Waals surface area contributed by atoms with Crippen LogP contribution >= 0.6 is 0 Å². The molecule has 0 bridgehead atoms.